The van der Waals surface area contributed by atoms with Gasteiger partial charge in [-0.25, -0.2) is 4.98 Å². The highest BCUT2D eigenvalue weighted by Crippen LogP contribution is 2.32. The molecule has 0 aliphatic rings. The zero-order valence-electron chi connectivity index (χ0n) is 13.8. The number of benzene rings is 2. The van der Waals surface area contributed by atoms with Crippen LogP contribution in [0, 0.1) is 0 Å². The Kier molecular flexibility index (Phi) is 5.72. The predicted molar refractivity (Wildman–Crippen MR) is 102 cm³/mol. The average molecular weight is 344 g/mol. The molecule has 1 aromatic heterocycles. The molecule has 3 rings (SSSR count). The minimum Gasteiger partial charge on any atom is -0.497 e. The Labute approximate surface area is 147 Å². The van der Waals surface area contributed by atoms with E-state index in [2.05, 4.69) is 16.7 Å². The second-order valence-electron chi connectivity index (χ2n) is 5.61. The normalized spacial score (nSPS) is 11.1. The molecule has 0 amide bonds. The van der Waals surface area contributed by atoms with E-state index in [1.54, 1.807) is 7.11 Å². The Balaban J connectivity index is 1.91. The van der Waals surface area contributed by atoms with E-state index < -0.39 is 0 Å². The van der Waals surface area contributed by atoms with Crippen LogP contribution in [0.15, 0.2) is 42.5 Å². The number of halogens is 1. The Hall–Kier alpha value is -2.04. The number of fused-ring (bicyclic) bond motifs is 2. The van der Waals surface area contributed by atoms with Crippen LogP contribution in [0.4, 0.5) is 5.69 Å². The maximum atomic E-state index is 5.67. The molecule has 3 aromatic rings. The van der Waals surface area contributed by atoms with Gasteiger partial charge in [-0.15, -0.1) is 11.6 Å². The summed E-state index contributed by atoms with van der Waals surface area (Å²) < 4.78 is 5.38. The van der Waals surface area contributed by atoms with Gasteiger partial charge >= 0.3 is 0 Å². The Morgan fingerprint density at radius 3 is 2.67 bits per heavy atom. The first-order valence-corrected chi connectivity index (χ1v) is 8.74. The van der Waals surface area contributed by atoms with E-state index in [1.165, 1.54) is 0 Å². The molecule has 0 atom stereocenters. The number of rotatable bonds is 8. The molecule has 0 aliphatic carbocycles. The van der Waals surface area contributed by atoms with Crippen LogP contribution in [-0.4, -0.2) is 37.6 Å². The topological polar surface area (TPSA) is 46.2 Å². The van der Waals surface area contributed by atoms with Crippen molar-refractivity contribution >= 4 is 39.1 Å². The Bertz CT molecular complexity index is 822. The summed E-state index contributed by atoms with van der Waals surface area (Å²) in [7, 11) is 1.69. The van der Waals surface area contributed by atoms with E-state index in [1.807, 2.05) is 36.4 Å². The molecule has 0 aliphatic heterocycles. The summed E-state index contributed by atoms with van der Waals surface area (Å²) in [4.78, 5) is 4.76. The monoisotopic (exact) mass is 343 g/mol. The first kappa shape index (κ1) is 16.8. The fourth-order valence-corrected chi connectivity index (χ4v) is 2.94. The molecule has 0 saturated heterocycles. The summed E-state index contributed by atoms with van der Waals surface area (Å²) in [5, 5.41) is 9.12. The van der Waals surface area contributed by atoms with Gasteiger partial charge in [0.15, 0.2) is 0 Å². The Morgan fingerprint density at radius 1 is 1.00 bits per heavy atom. The van der Waals surface area contributed by atoms with Crippen LogP contribution in [-0.2, 0) is 0 Å². The molecule has 5 heteroatoms. The van der Waals surface area contributed by atoms with Crippen molar-refractivity contribution < 1.29 is 4.74 Å². The smallest absolute Gasteiger partial charge is 0.119 e. The van der Waals surface area contributed by atoms with Gasteiger partial charge in [0.1, 0.15) is 5.75 Å². The number of para-hydroxylation sites is 1. The van der Waals surface area contributed by atoms with E-state index in [0.29, 0.717) is 5.88 Å². The third-order valence-electron chi connectivity index (χ3n) is 3.99. The number of alkyl halides is 1. The van der Waals surface area contributed by atoms with Gasteiger partial charge in [-0.05, 0) is 37.2 Å². The largest absolute Gasteiger partial charge is 0.497 e. The molecule has 0 unspecified atom stereocenters. The number of hydrogen-bond acceptors (Lipinski definition) is 4. The third-order valence-corrected chi connectivity index (χ3v) is 4.18. The van der Waals surface area contributed by atoms with Crippen LogP contribution in [0.2, 0.25) is 0 Å². The third kappa shape index (κ3) is 3.71. The van der Waals surface area contributed by atoms with E-state index in [-0.39, 0.29) is 0 Å². The van der Waals surface area contributed by atoms with Crippen molar-refractivity contribution in [3.63, 3.8) is 0 Å². The van der Waals surface area contributed by atoms with Crippen LogP contribution in [0.1, 0.15) is 6.42 Å². The summed E-state index contributed by atoms with van der Waals surface area (Å²) >= 11 is 5.67. The van der Waals surface area contributed by atoms with Crippen LogP contribution >= 0.6 is 11.6 Å². The number of nitrogens with one attached hydrogen (secondary N) is 2. The molecule has 0 saturated carbocycles. The minimum atomic E-state index is 0.646. The lowest BCUT2D eigenvalue weighted by molar-refractivity contribution is 0.415. The molecule has 0 bridgehead atoms. The van der Waals surface area contributed by atoms with Crippen LogP contribution in [0.3, 0.4) is 0 Å². The first-order valence-electron chi connectivity index (χ1n) is 8.20. The molecule has 24 heavy (non-hydrogen) atoms. The van der Waals surface area contributed by atoms with Gasteiger partial charge in [0.2, 0.25) is 0 Å². The molecule has 0 radical (unpaired) electrons. The van der Waals surface area contributed by atoms with Crippen LogP contribution in [0.5, 0.6) is 5.75 Å². The van der Waals surface area contributed by atoms with Crippen LogP contribution in [0.25, 0.3) is 21.8 Å². The quantitative estimate of drug-likeness (QED) is 0.368. The highest BCUT2D eigenvalue weighted by Gasteiger charge is 2.09. The van der Waals surface area contributed by atoms with Gasteiger partial charge < -0.3 is 15.4 Å². The number of anilines is 1. The molecular formula is C19H22ClN3O. The van der Waals surface area contributed by atoms with Gasteiger partial charge in [0, 0.05) is 29.7 Å². The maximum absolute atomic E-state index is 5.67. The fourth-order valence-electron chi connectivity index (χ4n) is 2.81. The lowest BCUT2D eigenvalue weighted by atomic mass is 10.1. The van der Waals surface area contributed by atoms with Crippen molar-refractivity contribution in [3.8, 4) is 5.75 Å². The number of nitrogens with zero attached hydrogens (tertiary/aromatic N) is 1. The van der Waals surface area contributed by atoms with Gasteiger partial charge in [-0.3, -0.25) is 0 Å². The highest BCUT2D eigenvalue weighted by atomic mass is 35.5. The highest BCUT2D eigenvalue weighted by molar-refractivity contribution is 6.18. The maximum Gasteiger partial charge on any atom is 0.119 e. The molecule has 0 fully saturated rings. The summed E-state index contributed by atoms with van der Waals surface area (Å²) in [6.45, 7) is 2.68. The number of hydrogen-bond donors (Lipinski definition) is 2. The van der Waals surface area contributed by atoms with Gasteiger partial charge in [0.25, 0.3) is 0 Å². The van der Waals surface area contributed by atoms with Crippen molar-refractivity contribution in [1.29, 1.82) is 0 Å². The minimum absolute atomic E-state index is 0.646. The second kappa shape index (κ2) is 8.18. The van der Waals surface area contributed by atoms with Crippen molar-refractivity contribution in [3.05, 3.63) is 42.5 Å². The molecule has 126 valence electrons. The zero-order chi connectivity index (χ0) is 16.8. The van der Waals surface area contributed by atoms with Gasteiger partial charge in [0.05, 0.1) is 23.8 Å². The van der Waals surface area contributed by atoms with Gasteiger partial charge in [-0.2, -0.15) is 0 Å². The fraction of sp³-hybridized carbons (Fsp3) is 0.316. The average Bonchev–Trinajstić information content (AvgIpc) is 2.63. The van der Waals surface area contributed by atoms with Crippen molar-refractivity contribution in [2.24, 2.45) is 0 Å². The predicted octanol–water partition coefficient (Wildman–Crippen LogP) is 4.03. The van der Waals surface area contributed by atoms with E-state index in [9.17, 15) is 0 Å². The summed E-state index contributed by atoms with van der Waals surface area (Å²) in [5.74, 6) is 1.48. The van der Waals surface area contributed by atoms with Crippen molar-refractivity contribution in [2.45, 2.75) is 6.42 Å². The van der Waals surface area contributed by atoms with E-state index in [0.717, 1.165) is 59.3 Å². The van der Waals surface area contributed by atoms with Gasteiger partial charge in [-0.1, -0.05) is 18.2 Å². The molecule has 2 N–H and O–H groups in total. The van der Waals surface area contributed by atoms with Crippen LogP contribution < -0.4 is 15.4 Å². The van der Waals surface area contributed by atoms with Crippen molar-refractivity contribution in [2.75, 3.05) is 37.9 Å². The number of pyridine rings is 1. The molecule has 0 spiro atoms. The molecule has 4 nitrogen and oxygen atoms in total. The lowest BCUT2D eigenvalue weighted by Gasteiger charge is -2.14. The SMILES string of the molecule is COc1ccc2nc3ccccc3c(NCCCNCCCl)c2c1. The molecule has 1 heterocycles. The van der Waals surface area contributed by atoms with Crippen molar-refractivity contribution in [1.82, 2.24) is 10.3 Å². The van der Waals surface area contributed by atoms with E-state index >= 15 is 0 Å². The number of methoxy groups -OCH3 is 1. The first-order chi connectivity index (χ1) is 11.8. The lowest BCUT2D eigenvalue weighted by Crippen LogP contribution is -2.20. The zero-order valence-corrected chi connectivity index (χ0v) is 14.6. The summed E-state index contributed by atoms with van der Waals surface area (Å²) in [6, 6.07) is 14.2. The Morgan fingerprint density at radius 2 is 1.83 bits per heavy atom. The van der Waals surface area contributed by atoms with E-state index in [4.69, 9.17) is 21.3 Å². The molecule has 2 aromatic carbocycles. The molecular weight excluding hydrogens is 322 g/mol. The second-order valence-corrected chi connectivity index (χ2v) is 5.98. The summed E-state index contributed by atoms with van der Waals surface area (Å²) in [5.41, 5.74) is 3.09. The summed E-state index contributed by atoms with van der Waals surface area (Å²) in [6.07, 6.45) is 1.03. The number of ether oxygens (including phenoxy) is 1. The number of aromatic nitrogens is 1. The standard InChI is InChI=1S/C19H22ClN3O/c1-24-14-7-8-18-16(13-14)19(22-11-4-10-21-12-9-20)15-5-2-3-6-17(15)23-18/h2-3,5-8,13,21H,4,9-12H2,1H3,(H,22,23).